The molecule has 2 heterocycles. The standard InChI is InChI=1S/C20H11Cl2F2N3OS/c21-9-1-4-13(22)12(7-9)16-6-3-11-17(25)18(29-20(11)27-16)19(28)26-10-2-5-14(23)15(24)8-10/h1-8H,25H2,(H,26,28). The van der Waals surface area contributed by atoms with E-state index < -0.39 is 17.5 Å². The van der Waals surface area contributed by atoms with Gasteiger partial charge in [0, 0.05) is 27.7 Å². The number of aromatic nitrogens is 1. The third kappa shape index (κ3) is 3.76. The molecule has 0 unspecified atom stereocenters. The fraction of sp³-hybridized carbons (Fsp3) is 0. The molecular formula is C20H11Cl2F2N3OS. The first-order valence-corrected chi connectivity index (χ1v) is 9.81. The van der Waals surface area contributed by atoms with Crippen LogP contribution in [0.3, 0.4) is 0 Å². The van der Waals surface area contributed by atoms with Crippen LogP contribution in [0.15, 0.2) is 48.5 Å². The summed E-state index contributed by atoms with van der Waals surface area (Å²) >= 11 is 13.4. The van der Waals surface area contributed by atoms with Crippen LogP contribution < -0.4 is 11.1 Å². The summed E-state index contributed by atoms with van der Waals surface area (Å²) in [4.78, 5) is 17.9. The van der Waals surface area contributed by atoms with Crippen molar-refractivity contribution in [2.45, 2.75) is 0 Å². The van der Waals surface area contributed by atoms with E-state index in [1.54, 1.807) is 30.3 Å². The van der Waals surface area contributed by atoms with Crippen molar-refractivity contribution in [3.63, 3.8) is 0 Å². The predicted molar refractivity (Wildman–Crippen MR) is 114 cm³/mol. The number of hydrogen-bond donors (Lipinski definition) is 2. The maximum Gasteiger partial charge on any atom is 0.267 e. The van der Waals surface area contributed by atoms with Crippen LogP contribution in [-0.4, -0.2) is 10.9 Å². The molecule has 0 aliphatic rings. The molecule has 0 aliphatic carbocycles. The van der Waals surface area contributed by atoms with E-state index >= 15 is 0 Å². The van der Waals surface area contributed by atoms with Gasteiger partial charge in [0.2, 0.25) is 0 Å². The minimum atomic E-state index is -1.06. The Morgan fingerprint density at radius 1 is 1.03 bits per heavy atom. The Hall–Kier alpha value is -2.74. The average molecular weight is 450 g/mol. The molecule has 2 aromatic heterocycles. The topological polar surface area (TPSA) is 68.0 Å². The van der Waals surface area contributed by atoms with Gasteiger partial charge in [0.25, 0.3) is 5.91 Å². The van der Waals surface area contributed by atoms with Gasteiger partial charge in [-0.05, 0) is 42.5 Å². The molecule has 29 heavy (non-hydrogen) atoms. The first-order chi connectivity index (χ1) is 13.8. The summed E-state index contributed by atoms with van der Waals surface area (Å²) in [5.41, 5.74) is 7.72. The minimum absolute atomic E-state index is 0.116. The van der Waals surface area contributed by atoms with Gasteiger partial charge in [-0.3, -0.25) is 4.79 Å². The third-order valence-corrected chi connectivity index (χ3v) is 5.86. The zero-order valence-corrected chi connectivity index (χ0v) is 16.8. The van der Waals surface area contributed by atoms with Gasteiger partial charge in [-0.2, -0.15) is 0 Å². The van der Waals surface area contributed by atoms with Gasteiger partial charge in [0.05, 0.1) is 16.4 Å². The van der Waals surface area contributed by atoms with Gasteiger partial charge >= 0.3 is 0 Å². The van der Waals surface area contributed by atoms with E-state index in [9.17, 15) is 13.6 Å². The van der Waals surface area contributed by atoms with Crippen molar-refractivity contribution in [3.8, 4) is 11.3 Å². The van der Waals surface area contributed by atoms with E-state index in [0.717, 1.165) is 23.5 Å². The quantitative estimate of drug-likeness (QED) is 0.381. The Bertz CT molecular complexity index is 1280. The van der Waals surface area contributed by atoms with Crippen LogP contribution in [0, 0.1) is 11.6 Å². The van der Waals surface area contributed by atoms with Crippen molar-refractivity contribution in [2.24, 2.45) is 0 Å². The van der Waals surface area contributed by atoms with Crippen molar-refractivity contribution >= 4 is 62.0 Å². The van der Waals surface area contributed by atoms with E-state index in [4.69, 9.17) is 28.9 Å². The first-order valence-electron chi connectivity index (χ1n) is 8.24. The molecule has 146 valence electrons. The van der Waals surface area contributed by atoms with Gasteiger partial charge in [-0.15, -0.1) is 11.3 Å². The number of anilines is 2. The Morgan fingerprint density at radius 2 is 1.83 bits per heavy atom. The molecule has 0 spiro atoms. The zero-order chi connectivity index (χ0) is 20.7. The molecule has 0 atom stereocenters. The Kier molecular flexibility index (Phi) is 5.12. The van der Waals surface area contributed by atoms with Gasteiger partial charge in [-0.1, -0.05) is 23.2 Å². The van der Waals surface area contributed by atoms with Crippen LogP contribution in [0.25, 0.3) is 21.5 Å². The third-order valence-electron chi connectivity index (χ3n) is 4.18. The van der Waals surface area contributed by atoms with Crippen LogP contribution in [0.2, 0.25) is 10.0 Å². The number of nitrogen functional groups attached to an aromatic ring is 1. The number of nitrogens with one attached hydrogen (secondary N) is 1. The summed E-state index contributed by atoms with van der Waals surface area (Å²) in [6, 6.07) is 11.6. The van der Waals surface area contributed by atoms with E-state index in [0.29, 0.717) is 31.5 Å². The fourth-order valence-electron chi connectivity index (χ4n) is 2.77. The highest BCUT2D eigenvalue weighted by Gasteiger charge is 2.19. The second-order valence-corrected chi connectivity index (χ2v) is 7.94. The molecule has 4 nitrogen and oxygen atoms in total. The highest BCUT2D eigenvalue weighted by molar-refractivity contribution is 7.21. The average Bonchev–Trinajstić information content (AvgIpc) is 3.03. The molecule has 0 saturated heterocycles. The number of amides is 1. The fourth-order valence-corrected chi connectivity index (χ4v) is 4.15. The zero-order valence-electron chi connectivity index (χ0n) is 14.5. The van der Waals surface area contributed by atoms with Crippen LogP contribution >= 0.6 is 34.5 Å². The number of nitrogens with zero attached hydrogens (tertiary/aromatic N) is 1. The lowest BCUT2D eigenvalue weighted by atomic mass is 10.1. The molecule has 0 aliphatic heterocycles. The molecule has 4 aromatic rings. The Labute approximate surface area is 177 Å². The minimum Gasteiger partial charge on any atom is -0.397 e. The summed E-state index contributed by atoms with van der Waals surface area (Å²) < 4.78 is 26.4. The number of carbonyl (C=O) groups excluding carboxylic acids is 1. The number of rotatable bonds is 3. The van der Waals surface area contributed by atoms with Gasteiger partial charge in [-0.25, -0.2) is 13.8 Å². The van der Waals surface area contributed by atoms with Crippen molar-refractivity contribution in [1.82, 2.24) is 4.98 Å². The number of pyridine rings is 1. The normalized spacial score (nSPS) is 11.0. The number of halogens is 4. The predicted octanol–water partition coefficient (Wildman–Crippen LogP) is 6.38. The summed E-state index contributed by atoms with van der Waals surface area (Å²) in [7, 11) is 0. The summed E-state index contributed by atoms with van der Waals surface area (Å²) in [6.07, 6.45) is 0. The Balaban J connectivity index is 1.70. The highest BCUT2D eigenvalue weighted by atomic mass is 35.5. The maximum absolute atomic E-state index is 13.4. The largest absolute Gasteiger partial charge is 0.397 e. The van der Waals surface area contributed by atoms with Crippen molar-refractivity contribution in [1.29, 1.82) is 0 Å². The van der Waals surface area contributed by atoms with E-state index in [1.807, 2.05) is 0 Å². The number of fused-ring (bicyclic) bond motifs is 1. The molecule has 2 aromatic carbocycles. The van der Waals surface area contributed by atoms with Crippen molar-refractivity contribution < 1.29 is 13.6 Å². The molecule has 3 N–H and O–H groups in total. The number of nitrogens with two attached hydrogens (primary N) is 1. The first kappa shape index (κ1) is 19.6. The molecule has 1 amide bonds. The van der Waals surface area contributed by atoms with Crippen LogP contribution in [0.5, 0.6) is 0 Å². The lowest BCUT2D eigenvalue weighted by molar-refractivity contribution is 0.103. The van der Waals surface area contributed by atoms with Crippen LogP contribution in [-0.2, 0) is 0 Å². The second-order valence-electron chi connectivity index (χ2n) is 6.10. The van der Waals surface area contributed by atoms with Crippen LogP contribution in [0.4, 0.5) is 20.2 Å². The van der Waals surface area contributed by atoms with E-state index in [2.05, 4.69) is 10.3 Å². The van der Waals surface area contributed by atoms with Crippen LogP contribution in [0.1, 0.15) is 9.67 Å². The summed E-state index contributed by atoms with van der Waals surface area (Å²) in [5, 5.41) is 4.12. The lowest BCUT2D eigenvalue weighted by Gasteiger charge is -2.05. The SMILES string of the molecule is Nc1c(C(=O)Nc2ccc(F)c(F)c2)sc2nc(-c3cc(Cl)ccc3Cl)ccc12. The molecule has 0 fully saturated rings. The number of benzene rings is 2. The van der Waals surface area contributed by atoms with Crippen molar-refractivity contribution in [3.05, 3.63) is 75.1 Å². The molecule has 4 rings (SSSR count). The maximum atomic E-state index is 13.4. The number of thiophene rings is 1. The number of hydrogen-bond acceptors (Lipinski definition) is 4. The van der Waals surface area contributed by atoms with E-state index in [1.165, 1.54) is 6.07 Å². The molecule has 0 bridgehead atoms. The van der Waals surface area contributed by atoms with E-state index in [-0.39, 0.29) is 16.3 Å². The lowest BCUT2D eigenvalue weighted by Crippen LogP contribution is -2.12. The molecule has 0 saturated carbocycles. The number of carbonyl (C=O) groups is 1. The molecular weight excluding hydrogens is 439 g/mol. The highest BCUT2D eigenvalue weighted by Crippen LogP contribution is 2.36. The Morgan fingerprint density at radius 3 is 2.59 bits per heavy atom. The smallest absolute Gasteiger partial charge is 0.267 e. The molecule has 9 heteroatoms. The molecule has 0 radical (unpaired) electrons. The van der Waals surface area contributed by atoms with Crippen molar-refractivity contribution in [2.75, 3.05) is 11.1 Å². The van der Waals surface area contributed by atoms with Gasteiger partial charge < -0.3 is 11.1 Å². The summed E-state index contributed by atoms with van der Waals surface area (Å²) in [6.45, 7) is 0. The van der Waals surface area contributed by atoms with Gasteiger partial charge in [0.15, 0.2) is 11.6 Å². The second kappa shape index (κ2) is 7.59. The monoisotopic (exact) mass is 449 g/mol. The summed E-state index contributed by atoms with van der Waals surface area (Å²) in [5.74, 6) is -2.60. The van der Waals surface area contributed by atoms with Gasteiger partial charge in [0.1, 0.15) is 9.71 Å².